The van der Waals surface area contributed by atoms with Crippen LogP contribution in [0.4, 0.5) is 0 Å². The summed E-state index contributed by atoms with van der Waals surface area (Å²) in [6, 6.07) is 14.7. The Bertz CT molecular complexity index is 1470. The van der Waals surface area contributed by atoms with E-state index in [0.717, 1.165) is 15.7 Å². The summed E-state index contributed by atoms with van der Waals surface area (Å²) in [5, 5.41) is 9.86. The molecule has 0 aliphatic rings. The molecule has 0 radical (unpaired) electrons. The molecule has 0 unspecified atom stereocenters. The minimum atomic E-state index is -0.478. The first-order valence-electron chi connectivity index (χ1n) is 11.3. The van der Waals surface area contributed by atoms with E-state index in [1.54, 1.807) is 42.1 Å². The van der Waals surface area contributed by atoms with Crippen molar-refractivity contribution in [2.24, 2.45) is 4.99 Å². The number of aromatic nitrogens is 4. The van der Waals surface area contributed by atoms with Crippen LogP contribution in [-0.4, -0.2) is 43.7 Å². The fourth-order valence-corrected chi connectivity index (χ4v) is 3.98. The molecule has 2 heterocycles. The maximum Gasteiger partial charge on any atom is 0.332 e. The molecule has 2 aromatic heterocycles. The van der Waals surface area contributed by atoms with E-state index < -0.39 is 11.2 Å². The molecular formula is C25H26ClN5O4. The standard InChI is InChI=1S/C25H26ClN5O4/c1-3-29-22-21(23(33)30(25(29)34)13-4-14-32)31(16-18-5-9-19(26)10-6-18)24(28-22)35-20-11-7-17(8-12-20)15-27-2/h5-12,15,32H,3-4,13-14,16H2,1-2H3. The number of fused-ring (bicyclic) bond motifs is 1. The number of aliphatic hydroxyl groups excluding tert-OH is 1. The van der Waals surface area contributed by atoms with Crippen LogP contribution in [0, 0.1) is 0 Å². The number of ether oxygens (including phenoxy) is 1. The lowest BCUT2D eigenvalue weighted by Gasteiger charge is -2.12. The van der Waals surface area contributed by atoms with Crippen LogP contribution in [0.3, 0.4) is 0 Å². The van der Waals surface area contributed by atoms with E-state index in [2.05, 4.69) is 9.98 Å². The molecule has 4 aromatic rings. The van der Waals surface area contributed by atoms with Gasteiger partial charge in [0.15, 0.2) is 11.2 Å². The van der Waals surface area contributed by atoms with Gasteiger partial charge in [-0.05, 0) is 60.9 Å². The van der Waals surface area contributed by atoms with Crippen molar-refractivity contribution in [3.05, 3.63) is 85.5 Å². The van der Waals surface area contributed by atoms with E-state index >= 15 is 0 Å². The minimum absolute atomic E-state index is 0.104. The number of nitrogens with zero attached hydrogens (tertiary/aromatic N) is 5. The number of hydrogen-bond donors (Lipinski definition) is 1. The van der Waals surface area contributed by atoms with E-state index in [0.29, 0.717) is 17.3 Å². The number of halogens is 1. The summed E-state index contributed by atoms with van der Waals surface area (Å²) < 4.78 is 10.4. The highest BCUT2D eigenvalue weighted by atomic mass is 35.5. The van der Waals surface area contributed by atoms with Crippen molar-refractivity contribution in [1.82, 2.24) is 18.7 Å². The van der Waals surface area contributed by atoms with E-state index in [-0.39, 0.29) is 43.3 Å². The molecular weight excluding hydrogens is 470 g/mol. The Morgan fingerprint density at radius 3 is 2.40 bits per heavy atom. The third-order valence-corrected chi connectivity index (χ3v) is 5.81. The number of imidazole rings is 1. The number of aliphatic hydroxyl groups is 1. The van der Waals surface area contributed by atoms with Crippen molar-refractivity contribution in [2.45, 2.75) is 33.0 Å². The summed E-state index contributed by atoms with van der Waals surface area (Å²) in [5.41, 5.74) is 1.36. The molecule has 9 nitrogen and oxygen atoms in total. The first-order valence-corrected chi connectivity index (χ1v) is 11.6. The van der Waals surface area contributed by atoms with Gasteiger partial charge in [-0.25, -0.2) is 4.79 Å². The topological polar surface area (TPSA) is 104 Å². The van der Waals surface area contributed by atoms with Crippen molar-refractivity contribution >= 4 is 29.0 Å². The van der Waals surface area contributed by atoms with Crippen molar-refractivity contribution in [2.75, 3.05) is 13.7 Å². The highest BCUT2D eigenvalue weighted by Crippen LogP contribution is 2.26. The third-order valence-electron chi connectivity index (χ3n) is 5.56. The van der Waals surface area contributed by atoms with Crippen LogP contribution in [0.15, 0.2) is 63.1 Å². The number of hydrogen-bond acceptors (Lipinski definition) is 6. The summed E-state index contributed by atoms with van der Waals surface area (Å²) in [6.45, 7) is 2.38. The predicted octanol–water partition coefficient (Wildman–Crippen LogP) is 3.30. The van der Waals surface area contributed by atoms with Gasteiger partial charge in [-0.15, -0.1) is 0 Å². The van der Waals surface area contributed by atoms with Crippen LogP contribution in [0.1, 0.15) is 24.5 Å². The monoisotopic (exact) mass is 495 g/mol. The van der Waals surface area contributed by atoms with Gasteiger partial charge in [-0.3, -0.25) is 23.5 Å². The minimum Gasteiger partial charge on any atom is -0.425 e. The first-order chi connectivity index (χ1) is 17.0. The number of benzene rings is 2. The highest BCUT2D eigenvalue weighted by molar-refractivity contribution is 6.30. The maximum absolute atomic E-state index is 13.5. The van der Waals surface area contributed by atoms with E-state index in [1.165, 1.54) is 4.57 Å². The molecule has 0 aliphatic carbocycles. The van der Waals surface area contributed by atoms with E-state index in [1.807, 2.05) is 31.2 Å². The van der Waals surface area contributed by atoms with Crippen molar-refractivity contribution in [3.63, 3.8) is 0 Å². The zero-order chi connectivity index (χ0) is 24.9. The molecule has 0 atom stereocenters. The second kappa shape index (κ2) is 10.7. The molecule has 182 valence electrons. The Labute approximate surface area is 206 Å². The van der Waals surface area contributed by atoms with Crippen LogP contribution in [0.25, 0.3) is 11.2 Å². The Hall–Kier alpha value is -3.69. The largest absolute Gasteiger partial charge is 0.425 e. The molecule has 0 amide bonds. The Kier molecular flexibility index (Phi) is 7.48. The van der Waals surface area contributed by atoms with E-state index in [9.17, 15) is 14.7 Å². The fraction of sp³-hybridized carbons (Fsp3) is 0.280. The summed E-state index contributed by atoms with van der Waals surface area (Å²) >= 11 is 6.05. The van der Waals surface area contributed by atoms with Crippen molar-refractivity contribution in [3.8, 4) is 11.8 Å². The van der Waals surface area contributed by atoms with Gasteiger partial charge in [-0.2, -0.15) is 4.98 Å². The van der Waals surface area contributed by atoms with Crippen LogP contribution in [0.5, 0.6) is 11.8 Å². The zero-order valence-electron chi connectivity index (χ0n) is 19.5. The van der Waals surface area contributed by atoms with Crippen LogP contribution in [-0.2, 0) is 19.6 Å². The van der Waals surface area contributed by atoms with Gasteiger partial charge in [0.05, 0.1) is 6.54 Å². The molecule has 4 rings (SSSR count). The molecule has 35 heavy (non-hydrogen) atoms. The van der Waals surface area contributed by atoms with Crippen LogP contribution in [0.2, 0.25) is 5.02 Å². The third kappa shape index (κ3) is 5.06. The average molecular weight is 496 g/mol. The van der Waals surface area contributed by atoms with Gasteiger partial charge in [0.1, 0.15) is 5.75 Å². The maximum atomic E-state index is 13.5. The lowest BCUT2D eigenvalue weighted by molar-refractivity contribution is 0.277. The lowest BCUT2D eigenvalue weighted by Crippen LogP contribution is -2.40. The van der Waals surface area contributed by atoms with Crippen molar-refractivity contribution < 1.29 is 9.84 Å². The second-order valence-electron chi connectivity index (χ2n) is 7.90. The molecule has 0 spiro atoms. The van der Waals surface area contributed by atoms with Crippen molar-refractivity contribution in [1.29, 1.82) is 0 Å². The molecule has 0 aliphatic heterocycles. The van der Waals surface area contributed by atoms with Gasteiger partial charge >= 0.3 is 11.7 Å². The van der Waals surface area contributed by atoms with Gasteiger partial charge in [0.2, 0.25) is 0 Å². The van der Waals surface area contributed by atoms with Gasteiger partial charge < -0.3 is 9.84 Å². The summed E-state index contributed by atoms with van der Waals surface area (Å²) in [4.78, 5) is 35.1. The summed E-state index contributed by atoms with van der Waals surface area (Å²) in [5.74, 6) is 0.525. The second-order valence-corrected chi connectivity index (χ2v) is 8.33. The van der Waals surface area contributed by atoms with Gasteiger partial charge in [0, 0.05) is 38.0 Å². The Morgan fingerprint density at radius 1 is 1.06 bits per heavy atom. The fourth-order valence-electron chi connectivity index (χ4n) is 3.86. The predicted molar refractivity (Wildman–Crippen MR) is 136 cm³/mol. The first kappa shape index (κ1) is 24.4. The highest BCUT2D eigenvalue weighted by Gasteiger charge is 2.22. The number of rotatable bonds is 9. The quantitative estimate of drug-likeness (QED) is 0.359. The Morgan fingerprint density at radius 2 is 1.77 bits per heavy atom. The smallest absolute Gasteiger partial charge is 0.332 e. The number of aryl methyl sites for hydroxylation is 1. The molecule has 10 heteroatoms. The zero-order valence-corrected chi connectivity index (χ0v) is 20.3. The number of aliphatic imine (C=N–C) groups is 1. The molecule has 1 N–H and O–H groups in total. The molecule has 0 saturated carbocycles. The summed E-state index contributed by atoms with van der Waals surface area (Å²) in [7, 11) is 1.70. The SMILES string of the molecule is CCn1c(=O)n(CCCO)c(=O)c2c1nc(Oc1ccc(C=NC)cc1)n2Cc1ccc(Cl)cc1. The molecule has 0 saturated heterocycles. The normalized spacial score (nSPS) is 11.5. The average Bonchev–Trinajstić information content (AvgIpc) is 3.19. The molecule has 0 bridgehead atoms. The van der Waals surface area contributed by atoms with Crippen LogP contribution < -0.4 is 16.0 Å². The van der Waals surface area contributed by atoms with Gasteiger partial charge in [-0.1, -0.05) is 23.7 Å². The summed E-state index contributed by atoms with van der Waals surface area (Å²) in [6.07, 6.45) is 2.01. The lowest BCUT2D eigenvalue weighted by atomic mass is 10.2. The van der Waals surface area contributed by atoms with Crippen LogP contribution >= 0.6 is 11.6 Å². The van der Waals surface area contributed by atoms with E-state index in [4.69, 9.17) is 16.3 Å². The Balaban J connectivity index is 1.91. The molecule has 0 fully saturated rings. The van der Waals surface area contributed by atoms with Gasteiger partial charge in [0.25, 0.3) is 5.56 Å². The molecule has 2 aromatic carbocycles.